The minimum absolute atomic E-state index is 0.128. The van der Waals surface area contributed by atoms with E-state index in [0.717, 1.165) is 28.8 Å². The Balaban J connectivity index is 1.72. The molecule has 142 valence electrons. The number of halogens is 2. The van der Waals surface area contributed by atoms with Crippen LogP contribution in [0.3, 0.4) is 0 Å². The monoisotopic (exact) mass is 417 g/mol. The van der Waals surface area contributed by atoms with E-state index in [1.54, 1.807) is 0 Å². The van der Waals surface area contributed by atoms with Crippen LogP contribution in [-0.4, -0.2) is 9.97 Å². The first kappa shape index (κ1) is 18.2. The smallest absolute Gasteiger partial charge is 0.220 e. The van der Waals surface area contributed by atoms with E-state index >= 15 is 0 Å². The largest absolute Gasteiger partial charge is 0.368 e. The number of anilines is 1. The molecule has 0 aliphatic heterocycles. The summed E-state index contributed by atoms with van der Waals surface area (Å²) in [5.41, 5.74) is 13.6. The molecular formula is C24H17Cl2N3. The normalized spacial score (nSPS) is 14.9. The third kappa shape index (κ3) is 3.27. The van der Waals surface area contributed by atoms with E-state index in [2.05, 4.69) is 52.4 Å². The molecule has 5 heteroatoms. The van der Waals surface area contributed by atoms with Crippen LogP contribution in [0.15, 0.2) is 72.9 Å². The van der Waals surface area contributed by atoms with Gasteiger partial charge in [-0.2, -0.15) is 0 Å². The van der Waals surface area contributed by atoms with E-state index in [1.165, 1.54) is 16.7 Å². The van der Waals surface area contributed by atoms with Crippen LogP contribution in [0, 0.1) is 0 Å². The third-order valence-corrected chi connectivity index (χ3v) is 6.18. The van der Waals surface area contributed by atoms with E-state index in [0.29, 0.717) is 10.0 Å². The lowest BCUT2D eigenvalue weighted by atomic mass is 9.77. The van der Waals surface area contributed by atoms with Crippen LogP contribution in [0.2, 0.25) is 10.0 Å². The summed E-state index contributed by atoms with van der Waals surface area (Å²) in [6.07, 6.45) is 2.61. The minimum atomic E-state index is 0.128. The second-order valence-electron chi connectivity index (χ2n) is 7.20. The second kappa shape index (κ2) is 7.18. The van der Waals surface area contributed by atoms with E-state index in [1.807, 2.05) is 30.5 Å². The molecule has 1 heterocycles. The van der Waals surface area contributed by atoms with Gasteiger partial charge in [0.15, 0.2) is 0 Å². The van der Waals surface area contributed by atoms with Crippen molar-refractivity contribution in [2.45, 2.75) is 12.3 Å². The standard InChI is InChI=1S/C24H17Cl2N3/c25-21-9-7-16(12-22(21)26)19-11-17-13-28-24(27)29-23(17)18-8-6-15(10-20(18)19)14-4-2-1-3-5-14/h1-10,12-13,19H,11H2,(H2,27,28,29). The topological polar surface area (TPSA) is 51.8 Å². The van der Waals surface area contributed by atoms with Crippen molar-refractivity contribution >= 4 is 29.2 Å². The zero-order valence-electron chi connectivity index (χ0n) is 15.4. The van der Waals surface area contributed by atoms with Gasteiger partial charge < -0.3 is 5.73 Å². The van der Waals surface area contributed by atoms with Crippen molar-refractivity contribution in [3.8, 4) is 22.4 Å². The lowest BCUT2D eigenvalue weighted by Gasteiger charge is -2.28. The van der Waals surface area contributed by atoms with Gasteiger partial charge in [0, 0.05) is 17.7 Å². The predicted octanol–water partition coefficient (Wildman–Crippen LogP) is 6.39. The van der Waals surface area contributed by atoms with Crippen LogP contribution in [0.1, 0.15) is 22.6 Å². The molecule has 29 heavy (non-hydrogen) atoms. The number of nitrogens with two attached hydrogens (primary N) is 1. The average Bonchev–Trinajstić information content (AvgIpc) is 2.75. The van der Waals surface area contributed by atoms with E-state index in [9.17, 15) is 0 Å². The highest BCUT2D eigenvalue weighted by molar-refractivity contribution is 6.42. The molecule has 1 unspecified atom stereocenters. The van der Waals surface area contributed by atoms with Crippen LogP contribution in [0.25, 0.3) is 22.4 Å². The highest BCUT2D eigenvalue weighted by Crippen LogP contribution is 2.44. The maximum Gasteiger partial charge on any atom is 0.220 e. The summed E-state index contributed by atoms with van der Waals surface area (Å²) in [6.45, 7) is 0. The van der Waals surface area contributed by atoms with Crippen molar-refractivity contribution < 1.29 is 0 Å². The van der Waals surface area contributed by atoms with Crippen molar-refractivity contribution in [3.05, 3.63) is 99.7 Å². The number of nitrogens with zero attached hydrogens (tertiary/aromatic N) is 2. The highest BCUT2D eigenvalue weighted by Gasteiger charge is 2.28. The van der Waals surface area contributed by atoms with Gasteiger partial charge in [0.25, 0.3) is 0 Å². The molecule has 1 aliphatic rings. The molecule has 1 aliphatic carbocycles. The van der Waals surface area contributed by atoms with Crippen molar-refractivity contribution in [1.82, 2.24) is 9.97 Å². The molecule has 0 bridgehead atoms. The Labute approximate surface area is 179 Å². The van der Waals surface area contributed by atoms with Crippen LogP contribution in [-0.2, 0) is 6.42 Å². The number of rotatable bonds is 2. The Kier molecular flexibility index (Phi) is 4.50. The van der Waals surface area contributed by atoms with Crippen LogP contribution < -0.4 is 5.73 Å². The van der Waals surface area contributed by atoms with Crippen molar-refractivity contribution in [2.24, 2.45) is 0 Å². The maximum absolute atomic E-state index is 6.34. The molecule has 1 aromatic heterocycles. The highest BCUT2D eigenvalue weighted by atomic mass is 35.5. The third-order valence-electron chi connectivity index (χ3n) is 5.44. The molecule has 2 N–H and O–H groups in total. The van der Waals surface area contributed by atoms with Gasteiger partial charge in [-0.3, -0.25) is 0 Å². The van der Waals surface area contributed by atoms with Crippen LogP contribution >= 0.6 is 23.2 Å². The summed E-state index contributed by atoms with van der Waals surface area (Å²) in [7, 11) is 0. The first-order chi connectivity index (χ1) is 14.1. The lowest BCUT2D eigenvalue weighted by molar-refractivity contribution is 0.783. The van der Waals surface area contributed by atoms with Gasteiger partial charge in [-0.1, -0.05) is 71.7 Å². The number of hydrogen-bond acceptors (Lipinski definition) is 3. The average molecular weight is 418 g/mol. The van der Waals surface area contributed by atoms with Crippen LogP contribution in [0.5, 0.6) is 0 Å². The Morgan fingerprint density at radius 2 is 1.69 bits per heavy atom. The zero-order chi connectivity index (χ0) is 20.0. The molecule has 0 saturated carbocycles. The molecule has 5 rings (SSSR count). The Morgan fingerprint density at radius 3 is 2.48 bits per heavy atom. The van der Waals surface area contributed by atoms with Gasteiger partial charge in [0.2, 0.25) is 5.95 Å². The minimum Gasteiger partial charge on any atom is -0.368 e. The number of fused-ring (bicyclic) bond motifs is 3. The predicted molar refractivity (Wildman–Crippen MR) is 119 cm³/mol. The lowest BCUT2D eigenvalue weighted by Crippen LogP contribution is -2.15. The van der Waals surface area contributed by atoms with Crippen molar-refractivity contribution in [3.63, 3.8) is 0 Å². The SMILES string of the molecule is Nc1ncc2c(n1)-c1ccc(-c3ccccc3)cc1C(c1ccc(Cl)c(Cl)c1)C2. The Hall–Kier alpha value is -2.88. The molecule has 3 nitrogen and oxygen atoms in total. The van der Waals surface area contributed by atoms with E-state index in [-0.39, 0.29) is 11.9 Å². The van der Waals surface area contributed by atoms with Crippen molar-refractivity contribution in [2.75, 3.05) is 5.73 Å². The molecule has 0 saturated heterocycles. The van der Waals surface area contributed by atoms with Gasteiger partial charge in [0.1, 0.15) is 0 Å². The summed E-state index contributed by atoms with van der Waals surface area (Å²) in [6, 6.07) is 22.7. The molecule has 1 atom stereocenters. The van der Waals surface area contributed by atoms with Gasteiger partial charge >= 0.3 is 0 Å². The van der Waals surface area contributed by atoms with Gasteiger partial charge in [-0.05, 0) is 52.4 Å². The fraction of sp³-hybridized carbons (Fsp3) is 0.0833. The summed E-state index contributed by atoms with van der Waals surface area (Å²) < 4.78 is 0. The summed E-state index contributed by atoms with van der Waals surface area (Å²) >= 11 is 12.5. The fourth-order valence-electron chi connectivity index (χ4n) is 4.04. The van der Waals surface area contributed by atoms with Crippen LogP contribution in [0.4, 0.5) is 5.95 Å². The first-order valence-electron chi connectivity index (χ1n) is 9.36. The van der Waals surface area contributed by atoms with E-state index < -0.39 is 0 Å². The molecule has 0 fully saturated rings. The second-order valence-corrected chi connectivity index (χ2v) is 8.01. The Morgan fingerprint density at radius 1 is 0.862 bits per heavy atom. The fourth-order valence-corrected chi connectivity index (χ4v) is 4.34. The molecule has 0 spiro atoms. The van der Waals surface area contributed by atoms with Gasteiger partial charge in [-0.15, -0.1) is 0 Å². The number of benzene rings is 3. The molecule has 0 amide bonds. The quantitative estimate of drug-likeness (QED) is 0.411. The maximum atomic E-state index is 6.34. The molecular weight excluding hydrogens is 401 g/mol. The molecule has 0 radical (unpaired) electrons. The Bertz CT molecular complexity index is 1220. The molecule has 3 aromatic carbocycles. The number of hydrogen-bond donors (Lipinski definition) is 1. The zero-order valence-corrected chi connectivity index (χ0v) is 17.0. The summed E-state index contributed by atoms with van der Waals surface area (Å²) in [5, 5.41) is 1.12. The molecule has 4 aromatic rings. The first-order valence-corrected chi connectivity index (χ1v) is 10.1. The summed E-state index contributed by atoms with van der Waals surface area (Å²) in [5.74, 6) is 0.415. The summed E-state index contributed by atoms with van der Waals surface area (Å²) in [4.78, 5) is 8.75. The van der Waals surface area contributed by atoms with Gasteiger partial charge in [0.05, 0.1) is 15.7 Å². The van der Waals surface area contributed by atoms with Crippen molar-refractivity contribution in [1.29, 1.82) is 0 Å². The number of aromatic nitrogens is 2. The van der Waals surface area contributed by atoms with Gasteiger partial charge in [-0.25, -0.2) is 9.97 Å². The number of nitrogen functional groups attached to an aromatic ring is 1. The van der Waals surface area contributed by atoms with E-state index in [4.69, 9.17) is 28.9 Å².